The van der Waals surface area contributed by atoms with Crippen LogP contribution in [0, 0.1) is 0 Å². The molecular weight excluding hydrogens is 268 g/mol. The predicted molar refractivity (Wildman–Crippen MR) is 80.2 cm³/mol. The zero-order valence-electron chi connectivity index (χ0n) is 10.7. The molecule has 0 bridgehead atoms. The van der Waals surface area contributed by atoms with E-state index in [4.69, 9.17) is 16.3 Å². The molecule has 0 saturated carbocycles. The molecule has 0 amide bonds. The molecule has 0 spiro atoms. The summed E-state index contributed by atoms with van der Waals surface area (Å²) in [6, 6.07) is 5.87. The predicted octanol–water partition coefficient (Wildman–Crippen LogP) is 4.03. The first kappa shape index (κ1) is 13.6. The smallest absolute Gasteiger partial charge is 0.161 e. The molecule has 0 saturated heterocycles. The zero-order chi connectivity index (χ0) is 13.1. The number of halogens is 1. The lowest BCUT2D eigenvalue weighted by atomic mass is 10.2. The highest BCUT2D eigenvalue weighted by Crippen LogP contribution is 2.31. The lowest BCUT2D eigenvalue weighted by Gasteiger charge is -2.23. The monoisotopic (exact) mass is 284 g/mol. The fourth-order valence-electron chi connectivity index (χ4n) is 1.96. The zero-order valence-corrected chi connectivity index (χ0v) is 12.3. The minimum absolute atomic E-state index is 0.355. The summed E-state index contributed by atoms with van der Waals surface area (Å²) in [7, 11) is 1.65. The maximum Gasteiger partial charge on any atom is 0.161 e. The largest absolute Gasteiger partial charge is 0.495 e. The summed E-state index contributed by atoms with van der Waals surface area (Å²) in [5.41, 5.74) is 0.859. The van der Waals surface area contributed by atoms with E-state index in [9.17, 15) is 0 Å². The lowest BCUT2D eigenvalue weighted by molar-refractivity contribution is 0.417. The van der Waals surface area contributed by atoms with Crippen LogP contribution in [-0.2, 0) is 0 Å². The van der Waals surface area contributed by atoms with Gasteiger partial charge in [0.1, 0.15) is 5.75 Å². The maximum absolute atomic E-state index is 6.01. The molecule has 1 aliphatic heterocycles. The highest BCUT2D eigenvalue weighted by molar-refractivity contribution is 8.14. The SMILES string of the molecule is COc1ccc(Cl)cc1NC1=NC(C)CC(C)S1. The van der Waals surface area contributed by atoms with Crippen molar-refractivity contribution < 1.29 is 4.74 Å². The number of nitrogens with one attached hydrogen (secondary N) is 1. The summed E-state index contributed by atoms with van der Waals surface area (Å²) in [4.78, 5) is 4.60. The van der Waals surface area contributed by atoms with Crippen molar-refractivity contribution >= 4 is 34.2 Å². The van der Waals surface area contributed by atoms with Crippen LogP contribution in [0.5, 0.6) is 5.75 Å². The Bertz CT molecular complexity index is 464. The Kier molecular flexibility index (Phi) is 4.40. The van der Waals surface area contributed by atoms with Gasteiger partial charge in [-0.05, 0) is 31.5 Å². The van der Waals surface area contributed by atoms with E-state index in [1.54, 1.807) is 18.9 Å². The third kappa shape index (κ3) is 3.33. The minimum Gasteiger partial charge on any atom is -0.495 e. The van der Waals surface area contributed by atoms with Crippen molar-refractivity contribution in [2.24, 2.45) is 4.99 Å². The van der Waals surface area contributed by atoms with Crippen LogP contribution in [-0.4, -0.2) is 23.6 Å². The fourth-order valence-corrected chi connectivity index (χ4v) is 3.29. The second kappa shape index (κ2) is 5.85. The van der Waals surface area contributed by atoms with Crippen molar-refractivity contribution in [3.63, 3.8) is 0 Å². The van der Waals surface area contributed by atoms with Gasteiger partial charge in [0.15, 0.2) is 5.17 Å². The van der Waals surface area contributed by atoms with E-state index in [1.165, 1.54) is 0 Å². The average molecular weight is 285 g/mol. The van der Waals surface area contributed by atoms with Gasteiger partial charge in [0.05, 0.1) is 18.8 Å². The van der Waals surface area contributed by atoms with Crippen molar-refractivity contribution in [1.82, 2.24) is 0 Å². The molecule has 3 nitrogen and oxygen atoms in total. The van der Waals surface area contributed by atoms with Crippen LogP contribution < -0.4 is 10.1 Å². The standard InChI is InChI=1S/C13H17ClN2OS/c1-8-6-9(2)18-13(15-8)16-11-7-10(14)4-5-12(11)17-3/h4-5,7-9H,6H2,1-3H3,(H,15,16). The summed E-state index contributed by atoms with van der Waals surface area (Å²) >= 11 is 7.76. The fraction of sp³-hybridized carbons (Fsp3) is 0.462. The molecule has 1 aliphatic rings. The van der Waals surface area contributed by atoms with Gasteiger partial charge in [-0.15, -0.1) is 0 Å². The Balaban J connectivity index is 2.20. The van der Waals surface area contributed by atoms with Crippen LogP contribution in [0.15, 0.2) is 23.2 Å². The molecule has 0 fully saturated rings. The molecule has 0 aliphatic carbocycles. The Morgan fingerprint density at radius 3 is 2.89 bits per heavy atom. The number of methoxy groups -OCH3 is 1. The van der Waals surface area contributed by atoms with Gasteiger partial charge in [0.2, 0.25) is 0 Å². The molecule has 1 heterocycles. The molecule has 2 unspecified atom stereocenters. The van der Waals surface area contributed by atoms with Crippen LogP contribution in [0.25, 0.3) is 0 Å². The second-order valence-electron chi connectivity index (χ2n) is 4.42. The molecule has 1 N–H and O–H groups in total. The van der Waals surface area contributed by atoms with Gasteiger partial charge in [-0.1, -0.05) is 30.3 Å². The van der Waals surface area contributed by atoms with Gasteiger partial charge in [-0.3, -0.25) is 4.99 Å². The molecule has 5 heteroatoms. The summed E-state index contributed by atoms with van der Waals surface area (Å²) in [6.07, 6.45) is 1.11. The average Bonchev–Trinajstić information content (AvgIpc) is 2.27. The summed E-state index contributed by atoms with van der Waals surface area (Å²) in [5.74, 6) is 0.772. The van der Waals surface area contributed by atoms with Gasteiger partial charge in [-0.2, -0.15) is 0 Å². The Hall–Kier alpha value is -0.870. The summed E-state index contributed by atoms with van der Waals surface area (Å²) in [6.45, 7) is 4.35. The molecule has 1 aromatic rings. The van der Waals surface area contributed by atoms with Gasteiger partial charge in [0, 0.05) is 10.3 Å². The van der Waals surface area contributed by atoms with E-state index in [-0.39, 0.29) is 0 Å². The van der Waals surface area contributed by atoms with Crippen LogP contribution in [0.1, 0.15) is 20.3 Å². The highest BCUT2D eigenvalue weighted by atomic mass is 35.5. The quantitative estimate of drug-likeness (QED) is 0.890. The van der Waals surface area contributed by atoms with Crippen molar-refractivity contribution in [1.29, 1.82) is 0 Å². The van der Waals surface area contributed by atoms with Crippen LogP contribution in [0.4, 0.5) is 5.69 Å². The molecule has 18 heavy (non-hydrogen) atoms. The summed E-state index contributed by atoms with van der Waals surface area (Å²) < 4.78 is 5.31. The maximum atomic E-state index is 6.01. The minimum atomic E-state index is 0.355. The Labute approximate surface area is 117 Å². The van der Waals surface area contributed by atoms with E-state index in [2.05, 4.69) is 24.2 Å². The number of rotatable bonds is 2. The number of ether oxygens (including phenoxy) is 1. The number of hydrogen-bond donors (Lipinski definition) is 1. The van der Waals surface area contributed by atoms with Gasteiger partial charge in [0.25, 0.3) is 0 Å². The molecular formula is C13H17ClN2OS. The van der Waals surface area contributed by atoms with Gasteiger partial charge in [-0.25, -0.2) is 0 Å². The molecule has 98 valence electrons. The molecule has 2 atom stereocenters. The highest BCUT2D eigenvalue weighted by Gasteiger charge is 2.19. The molecule has 1 aromatic carbocycles. The number of nitrogens with zero attached hydrogens (tertiary/aromatic N) is 1. The van der Waals surface area contributed by atoms with E-state index in [1.807, 2.05) is 18.2 Å². The van der Waals surface area contributed by atoms with Crippen LogP contribution in [0.2, 0.25) is 5.02 Å². The number of hydrogen-bond acceptors (Lipinski definition) is 4. The van der Waals surface area contributed by atoms with Gasteiger partial charge < -0.3 is 10.1 Å². The molecule has 2 rings (SSSR count). The van der Waals surface area contributed by atoms with Gasteiger partial charge >= 0.3 is 0 Å². The molecule has 0 aromatic heterocycles. The van der Waals surface area contributed by atoms with E-state index < -0.39 is 0 Å². The second-order valence-corrected chi connectivity index (χ2v) is 6.28. The third-order valence-electron chi connectivity index (χ3n) is 2.73. The number of benzene rings is 1. The first-order valence-electron chi connectivity index (χ1n) is 5.93. The Morgan fingerprint density at radius 2 is 2.22 bits per heavy atom. The first-order chi connectivity index (χ1) is 8.58. The lowest BCUT2D eigenvalue weighted by Crippen LogP contribution is -2.22. The van der Waals surface area contributed by atoms with E-state index in [0.717, 1.165) is 23.0 Å². The van der Waals surface area contributed by atoms with Crippen LogP contribution in [0.3, 0.4) is 0 Å². The first-order valence-corrected chi connectivity index (χ1v) is 7.19. The van der Waals surface area contributed by atoms with E-state index in [0.29, 0.717) is 16.3 Å². The molecule has 0 radical (unpaired) electrons. The Morgan fingerprint density at radius 1 is 1.44 bits per heavy atom. The summed E-state index contributed by atoms with van der Waals surface area (Å²) in [5, 5.41) is 5.49. The van der Waals surface area contributed by atoms with Crippen molar-refractivity contribution in [2.75, 3.05) is 12.4 Å². The number of amidine groups is 1. The van der Waals surface area contributed by atoms with Crippen LogP contribution >= 0.6 is 23.4 Å². The van der Waals surface area contributed by atoms with Crippen molar-refractivity contribution in [2.45, 2.75) is 31.6 Å². The number of thioether (sulfide) groups is 1. The number of aliphatic imine (C=N–C) groups is 1. The normalized spacial score (nSPS) is 23.4. The topological polar surface area (TPSA) is 33.6 Å². The van der Waals surface area contributed by atoms with Crippen molar-refractivity contribution in [3.05, 3.63) is 23.2 Å². The number of anilines is 1. The van der Waals surface area contributed by atoms with Crippen molar-refractivity contribution in [3.8, 4) is 5.75 Å². The third-order valence-corrected chi connectivity index (χ3v) is 3.99. The van der Waals surface area contributed by atoms with E-state index >= 15 is 0 Å².